The van der Waals surface area contributed by atoms with E-state index in [0.29, 0.717) is 5.88 Å². The quantitative estimate of drug-likeness (QED) is 0.360. The van der Waals surface area contributed by atoms with E-state index in [2.05, 4.69) is 28.2 Å². The van der Waals surface area contributed by atoms with E-state index in [9.17, 15) is 5.26 Å². The molecule has 0 unspecified atom stereocenters. The zero-order valence-electron chi connectivity index (χ0n) is 19.0. The van der Waals surface area contributed by atoms with E-state index in [1.807, 2.05) is 80.3 Å². The van der Waals surface area contributed by atoms with Gasteiger partial charge in [0.2, 0.25) is 5.88 Å². The zero-order valence-corrected chi connectivity index (χ0v) is 19.0. The number of aromatic nitrogens is 4. The molecule has 33 heavy (non-hydrogen) atoms. The van der Waals surface area contributed by atoms with E-state index in [4.69, 9.17) is 9.84 Å². The molecular weight excluding hydrogens is 410 g/mol. The number of ether oxygens (including phenoxy) is 1. The number of nitrogens with zero attached hydrogens (tertiary/aromatic N) is 5. The number of aryl methyl sites for hydroxylation is 1. The number of nitriles is 1. The fraction of sp³-hybridized carbons (Fsp3) is 0.185. The van der Waals surface area contributed by atoms with Crippen LogP contribution in [0.2, 0.25) is 0 Å². The molecule has 0 saturated carbocycles. The zero-order chi connectivity index (χ0) is 23.2. The van der Waals surface area contributed by atoms with Crippen LogP contribution in [-0.4, -0.2) is 26.9 Å². The molecule has 0 saturated heterocycles. The van der Waals surface area contributed by atoms with E-state index in [1.165, 1.54) is 0 Å². The predicted molar refractivity (Wildman–Crippen MR) is 130 cm³/mol. The van der Waals surface area contributed by atoms with Gasteiger partial charge in [-0.15, -0.1) is 0 Å². The Bertz CT molecular complexity index is 1520. The number of hydrogen-bond donors (Lipinski definition) is 0. The van der Waals surface area contributed by atoms with E-state index < -0.39 is 5.41 Å². The van der Waals surface area contributed by atoms with Gasteiger partial charge in [-0.2, -0.15) is 10.4 Å². The molecule has 6 nitrogen and oxygen atoms in total. The minimum atomic E-state index is -0.543. The summed E-state index contributed by atoms with van der Waals surface area (Å²) < 4.78 is 7.15. The molecular formula is C27H23N5O. The predicted octanol–water partition coefficient (Wildman–Crippen LogP) is 5.75. The van der Waals surface area contributed by atoms with Gasteiger partial charge < -0.3 is 4.74 Å². The summed E-state index contributed by atoms with van der Waals surface area (Å²) >= 11 is 0. The van der Waals surface area contributed by atoms with Crippen molar-refractivity contribution >= 4 is 21.8 Å². The molecule has 6 heteroatoms. The first-order chi connectivity index (χ1) is 15.9. The van der Waals surface area contributed by atoms with Crippen molar-refractivity contribution in [2.75, 3.05) is 7.11 Å². The third-order valence-electron chi connectivity index (χ3n) is 6.08. The Balaban J connectivity index is 1.70. The molecule has 0 atom stereocenters. The van der Waals surface area contributed by atoms with Crippen molar-refractivity contribution in [3.63, 3.8) is 0 Å². The third-order valence-corrected chi connectivity index (χ3v) is 6.08. The van der Waals surface area contributed by atoms with Gasteiger partial charge in [0, 0.05) is 34.8 Å². The molecule has 0 N–H and O–H groups in total. The van der Waals surface area contributed by atoms with Crippen LogP contribution in [0.25, 0.3) is 38.6 Å². The maximum atomic E-state index is 9.46. The van der Waals surface area contributed by atoms with Gasteiger partial charge in [-0.05, 0) is 62.2 Å². The van der Waals surface area contributed by atoms with E-state index >= 15 is 0 Å². The van der Waals surface area contributed by atoms with Gasteiger partial charge in [-0.3, -0.25) is 4.98 Å². The van der Waals surface area contributed by atoms with Crippen molar-refractivity contribution in [3.8, 4) is 28.8 Å². The number of hydrogen-bond acceptors (Lipinski definition) is 5. The first-order valence-corrected chi connectivity index (χ1v) is 10.7. The Labute approximate surface area is 192 Å². The first-order valence-electron chi connectivity index (χ1n) is 10.7. The molecule has 3 aromatic heterocycles. The summed E-state index contributed by atoms with van der Waals surface area (Å²) in [5.74, 6) is 0.584. The van der Waals surface area contributed by atoms with E-state index in [1.54, 1.807) is 7.11 Å². The van der Waals surface area contributed by atoms with Crippen LogP contribution in [0.4, 0.5) is 0 Å². The monoisotopic (exact) mass is 433 g/mol. The second kappa shape index (κ2) is 7.72. The van der Waals surface area contributed by atoms with Gasteiger partial charge in [-0.1, -0.05) is 18.2 Å². The van der Waals surface area contributed by atoms with Gasteiger partial charge in [-0.25, -0.2) is 9.67 Å². The average molecular weight is 434 g/mol. The lowest BCUT2D eigenvalue weighted by Crippen LogP contribution is -2.13. The number of benzene rings is 2. The summed E-state index contributed by atoms with van der Waals surface area (Å²) in [6.45, 7) is 5.84. The molecule has 5 rings (SSSR count). The van der Waals surface area contributed by atoms with Crippen molar-refractivity contribution < 1.29 is 4.74 Å². The lowest BCUT2D eigenvalue weighted by atomic mass is 9.86. The summed E-state index contributed by atoms with van der Waals surface area (Å²) in [4.78, 5) is 9.01. The molecule has 0 amide bonds. The summed E-state index contributed by atoms with van der Waals surface area (Å²) in [6, 6.07) is 20.5. The van der Waals surface area contributed by atoms with Crippen molar-refractivity contribution in [1.29, 1.82) is 5.26 Å². The number of methoxy groups -OCH3 is 1. The van der Waals surface area contributed by atoms with Crippen molar-refractivity contribution in [2.45, 2.75) is 26.2 Å². The van der Waals surface area contributed by atoms with Crippen LogP contribution >= 0.6 is 0 Å². The highest BCUT2D eigenvalue weighted by Gasteiger charge is 2.20. The van der Waals surface area contributed by atoms with Crippen LogP contribution in [0.5, 0.6) is 5.88 Å². The highest BCUT2D eigenvalue weighted by molar-refractivity contribution is 6.06. The summed E-state index contributed by atoms with van der Waals surface area (Å²) in [5.41, 5.74) is 6.24. The smallest absolute Gasteiger partial charge is 0.212 e. The maximum Gasteiger partial charge on any atom is 0.212 e. The van der Waals surface area contributed by atoms with Crippen LogP contribution in [0.15, 0.2) is 67.0 Å². The minimum absolute atomic E-state index is 0.543. The second-order valence-corrected chi connectivity index (χ2v) is 8.62. The van der Waals surface area contributed by atoms with E-state index in [-0.39, 0.29) is 0 Å². The second-order valence-electron chi connectivity index (χ2n) is 8.62. The van der Waals surface area contributed by atoms with Crippen LogP contribution in [0.1, 0.15) is 25.1 Å². The highest BCUT2D eigenvalue weighted by atomic mass is 16.5. The molecule has 162 valence electrons. The first kappa shape index (κ1) is 20.7. The summed E-state index contributed by atoms with van der Waals surface area (Å²) in [5, 5.41) is 16.3. The average Bonchev–Trinajstić information content (AvgIpc) is 3.20. The fourth-order valence-corrected chi connectivity index (χ4v) is 4.05. The van der Waals surface area contributed by atoms with Crippen molar-refractivity contribution in [2.24, 2.45) is 0 Å². The van der Waals surface area contributed by atoms with Gasteiger partial charge in [0.15, 0.2) is 0 Å². The van der Waals surface area contributed by atoms with Gasteiger partial charge >= 0.3 is 0 Å². The SMILES string of the molecule is COc1ccc(-c2ccc3ncc4c(C)nn(-c5ccc(C(C)(C)C#N)cc5)c4c3c2)cn1. The third kappa shape index (κ3) is 3.48. The molecule has 0 spiro atoms. The molecule has 0 aliphatic heterocycles. The summed E-state index contributed by atoms with van der Waals surface area (Å²) in [7, 11) is 1.61. The van der Waals surface area contributed by atoms with Crippen molar-refractivity contribution in [3.05, 3.63) is 78.2 Å². The molecule has 0 radical (unpaired) electrons. The minimum Gasteiger partial charge on any atom is -0.481 e. The Morgan fingerprint density at radius 2 is 1.67 bits per heavy atom. The Morgan fingerprint density at radius 3 is 2.33 bits per heavy atom. The van der Waals surface area contributed by atoms with Gasteiger partial charge in [0.05, 0.1) is 41.0 Å². The summed E-state index contributed by atoms with van der Waals surface area (Å²) in [6.07, 6.45) is 3.70. The highest BCUT2D eigenvalue weighted by Crippen LogP contribution is 2.32. The number of rotatable bonds is 4. The molecule has 2 aromatic carbocycles. The normalized spacial score (nSPS) is 11.6. The van der Waals surface area contributed by atoms with Gasteiger partial charge in [0.25, 0.3) is 0 Å². The molecule has 3 heterocycles. The fourth-order valence-electron chi connectivity index (χ4n) is 4.05. The largest absolute Gasteiger partial charge is 0.481 e. The topological polar surface area (TPSA) is 76.6 Å². The molecule has 0 fully saturated rings. The standard InChI is InChI=1S/C27H23N5O/c1-17-23-15-29-24-11-5-18(19-6-12-25(33-4)30-14-19)13-22(24)26(23)32(31-17)21-9-7-20(8-10-21)27(2,3)16-28/h5-15H,1-4H3. The lowest BCUT2D eigenvalue weighted by Gasteiger charge is -2.16. The van der Waals surface area contributed by atoms with E-state index in [0.717, 1.165) is 49.9 Å². The van der Waals surface area contributed by atoms with Crippen LogP contribution in [0.3, 0.4) is 0 Å². The van der Waals surface area contributed by atoms with Crippen LogP contribution in [-0.2, 0) is 5.41 Å². The van der Waals surface area contributed by atoms with Gasteiger partial charge in [0.1, 0.15) is 0 Å². The molecule has 5 aromatic rings. The number of pyridine rings is 2. The Morgan fingerprint density at radius 1 is 0.909 bits per heavy atom. The Hall–Kier alpha value is -4.24. The Kier molecular flexibility index (Phi) is 4.83. The maximum absolute atomic E-state index is 9.46. The van der Waals surface area contributed by atoms with Crippen LogP contribution < -0.4 is 4.74 Å². The van der Waals surface area contributed by atoms with Crippen LogP contribution in [0, 0.1) is 18.3 Å². The molecule has 0 aliphatic carbocycles. The number of fused-ring (bicyclic) bond motifs is 3. The molecule has 0 bridgehead atoms. The molecule has 0 aliphatic rings. The van der Waals surface area contributed by atoms with Crippen molar-refractivity contribution in [1.82, 2.24) is 19.7 Å². The lowest BCUT2D eigenvalue weighted by molar-refractivity contribution is 0.398.